The van der Waals surface area contributed by atoms with E-state index in [2.05, 4.69) is 5.10 Å². The summed E-state index contributed by atoms with van der Waals surface area (Å²) in [5.74, 6) is 0.680. The van der Waals surface area contributed by atoms with Gasteiger partial charge in [0.05, 0.1) is 22.5 Å². The molecule has 13 heteroatoms. The fraction of sp³-hybridized carbons (Fsp3) is 0.516. The second-order valence-corrected chi connectivity index (χ2v) is 14.2. The number of aryl methyl sites for hydroxylation is 2. The molecule has 1 atom stereocenters. The highest BCUT2D eigenvalue weighted by Crippen LogP contribution is 2.59. The lowest BCUT2D eigenvalue weighted by molar-refractivity contribution is -0.190. The molecule has 0 radical (unpaired) electrons. The Kier molecular flexibility index (Phi) is 7.87. The standard InChI is InChI=1S/C31H36F3N5O4S/c1-21-18-25(39-16-11-26(36-39)43-17-14-30(12-13-30)31(32,33)34)35-28-27(21)29(40)37(2)44(41,42)24-9-5-8-22(19-24)6-3-4-7-23-10-15-38(28)20-23/h5,8-9,11,16,18-19,23H,3-4,6-7,10,12-15,17,20H2,1-2H3. The Morgan fingerprint density at radius 1 is 1.11 bits per heavy atom. The van der Waals surface area contributed by atoms with Gasteiger partial charge in [-0.3, -0.25) is 4.79 Å². The van der Waals surface area contributed by atoms with Crippen LogP contribution in [0.1, 0.15) is 66.4 Å². The third kappa shape index (κ3) is 5.78. The number of amides is 1. The van der Waals surface area contributed by atoms with Crippen LogP contribution in [0.2, 0.25) is 0 Å². The molecule has 3 aromatic rings. The molecule has 1 unspecified atom stereocenters. The second-order valence-electron chi connectivity index (χ2n) is 12.2. The molecule has 1 saturated carbocycles. The molecule has 0 spiro atoms. The number of alkyl halides is 3. The van der Waals surface area contributed by atoms with Crippen LogP contribution in [-0.4, -0.2) is 66.3 Å². The minimum atomic E-state index is -4.24. The van der Waals surface area contributed by atoms with Crippen molar-refractivity contribution in [3.8, 4) is 11.7 Å². The number of carbonyl (C=O) groups is 1. The fourth-order valence-corrected chi connectivity index (χ4v) is 7.42. The number of halogens is 3. The summed E-state index contributed by atoms with van der Waals surface area (Å²) >= 11 is 0. The molecule has 2 fully saturated rings. The average Bonchev–Trinajstić information content (AvgIpc) is 3.41. The van der Waals surface area contributed by atoms with E-state index in [-0.39, 0.29) is 42.2 Å². The van der Waals surface area contributed by atoms with E-state index in [0.29, 0.717) is 36.2 Å². The number of hydrogen-bond donors (Lipinski definition) is 0. The van der Waals surface area contributed by atoms with E-state index in [1.807, 2.05) is 11.0 Å². The Balaban J connectivity index is 1.31. The van der Waals surface area contributed by atoms with Crippen LogP contribution in [0.25, 0.3) is 5.82 Å². The molecule has 9 nitrogen and oxygen atoms in total. The minimum Gasteiger partial charge on any atom is -0.477 e. The zero-order chi connectivity index (χ0) is 31.3. The quantitative estimate of drug-likeness (QED) is 0.356. The summed E-state index contributed by atoms with van der Waals surface area (Å²) in [6.07, 6.45) is 2.13. The van der Waals surface area contributed by atoms with Gasteiger partial charge >= 0.3 is 6.18 Å². The summed E-state index contributed by atoms with van der Waals surface area (Å²) in [5, 5.41) is 4.38. The van der Waals surface area contributed by atoms with Gasteiger partial charge in [0.2, 0.25) is 5.88 Å². The second kappa shape index (κ2) is 11.4. The SMILES string of the molecule is Cc1cc(-n2ccc(OCCC3(C(F)(F)F)CC3)n2)nc2c1C(=O)N(C)S(=O)(=O)c1cccc(c1)CCCCC1CCN2C1. The van der Waals surface area contributed by atoms with E-state index in [1.54, 1.807) is 37.4 Å². The van der Waals surface area contributed by atoms with Gasteiger partial charge in [-0.05, 0) is 87.1 Å². The fourth-order valence-electron chi connectivity index (χ4n) is 6.25. The third-order valence-corrected chi connectivity index (χ3v) is 11.0. The van der Waals surface area contributed by atoms with Gasteiger partial charge in [-0.15, -0.1) is 5.10 Å². The number of fused-ring (bicyclic) bond motifs is 6. The molecular formula is C31H36F3N5O4S. The molecule has 4 heterocycles. The van der Waals surface area contributed by atoms with Crippen LogP contribution >= 0.6 is 0 Å². The summed E-state index contributed by atoms with van der Waals surface area (Å²) in [4.78, 5) is 20.9. The van der Waals surface area contributed by atoms with Crippen LogP contribution in [0.5, 0.6) is 5.88 Å². The summed E-state index contributed by atoms with van der Waals surface area (Å²) < 4.78 is 74.9. The lowest BCUT2D eigenvalue weighted by atomic mass is 9.99. The maximum atomic E-state index is 14.0. The minimum absolute atomic E-state index is 0.0678. The van der Waals surface area contributed by atoms with Gasteiger partial charge in [0.25, 0.3) is 15.9 Å². The monoisotopic (exact) mass is 631 g/mol. The van der Waals surface area contributed by atoms with Crippen LogP contribution in [0.3, 0.4) is 0 Å². The highest BCUT2D eigenvalue weighted by Gasteiger charge is 2.62. The smallest absolute Gasteiger partial charge is 0.394 e. The van der Waals surface area contributed by atoms with E-state index >= 15 is 0 Å². The summed E-state index contributed by atoms with van der Waals surface area (Å²) in [5.41, 5.74) is 0.00222. The number of hydrogen-bond acceptors (Lipinski definition) is 7. The summed E-state index contributed by atoms with van der Waals surface area (Å²) in [6, 6.07) is 9.99. The largest absolute Gasteiger partial charge is 0.477 e. The molecular weight excluding hydrogens is 595 g/mol. The Morgan fingerprint density at radius 3 is 2.66 bits per heavy atom. The Bertz CT molecular complexity index is 1670. The first-order valence-electron chi connectivity index (χ1n) is 15.0. The van der Waals surface area contributed by atoms with Gasteiger partial charge in [-0.1, -0.05) is 18.6 Å². The number of pyridine rings is 1. The molecule has 236 valence electrons. The van der Waals surface area contributed by atoms with Crippen molar-refractivity contribution in [2.24, 2.45) is 11.3 Å². The molecule has 1 aromatic carbocycles. The van der Waals surface area contributed by atoms with Crippen molar-refractivity contribution in [1.82, 2.24) is 19.1 Å². The molecule has 2 aromatic heterocycles. The van der Waals surface area contributed by atoms with E-state index in [4.69, 9.17) is 9.72 Å². The van der Waals surface area contributed by atoms with Gasteiger partial charge in [-0.25, -0.2) is 22.4 Å². The number of nitrogens with zero attached hydrogens (tertiary/aromatic N) is 5. The molecule has 2 aliphatic heterocycles. The van der Waals surface area contributed by atoms with Crippen LogP contribution < -0.4 is 9.64 Å². The predicted molar refractivity (Wildman–Crippen MR) is 158 cm³/mol. The zero-order valence-electron chi connectivity index (χ0n) is 24.8. The molecule has 3 aliphatic rings. The number of sulfonamides is 1. The Labute approximate surface area is 255 Å². The van der Waals surface area contributed by atoms with Crippen LogP contribution in [0.15, 0.2) is 47.5 Å². The highest BCUT2D eigenvalue weighted by molar-refractivity contribution is 7.89. The van der Waals surface area contributed by atoms with Crippen molar-refractivity contribution in [3.05, 3.63) is 59.3 Å². The molecule has 1 aliphatic carbocycles. The van der Waals surface area contributed by atoms with Crippen LogP contribution in [0.4, 0.5) is 19.0 Å². The molecule has 1 amide bonds. The topological polar surface area (TPSA) is 97.6 Å². The van der Waals surface area contributed by atoms with Crippen molar-refractivity contribution in [2.75, 3.05) is 31.6 Å². The number of carbonyl (C=O) groups excluding carboxylic acids is 1. The Hall–Kier alpha value is -3.61. The average molecular weight is 632 g/mol. The zero-order valence-corrected chi connectivity index (χ0v) is 25.6. The van der Waals surface area contributed by atoms with E-state index in [0.717, 1.165) is 42.0 Å². The van der Waals surface area contributed by atoms with Gasteiger partial charge < -0.3 is 9.64 Å². The molecule has 1 saturated heterocycles. The van der Waals surface area contributed by atoms with Gasteiger partial charge in [-0.2, -0.15) is 13.2 Å². The number of anilines is 1. The van der Waals surface area contributed by atoms with Gasteiger partial charge in [0, 0.05) is 32.4 Å². The van der Waals surface area contributed by atoms with Crippen LogP contribution in [-0.2, 0) is 16.4 Å². The summed E-state index contributed by atoms with van der Waals surface area (Å²) in [6.45, 7) is 2.98. The molecule has 4 bridgehead atoms. The first kappa shape index (κ1) is 30.4. The van der Waals surface area contributed by atoms with E-state index in [1.165, 1.54) is 17.8 Å². The predicted octanol–water partition coefficient (Wildman–Crippen LogP) is 5.70. The highest BCUT2D eigenvalue weighted by atomic mass is 32.2. The van der Waals surface area contributed by atoms with Gasteiger partial charge in [0.15, 0.2) is 5.82 Å². The summed E-state index contributed by atoms with van der Waals surface area (Å²) in [7, 11) is -2.86. The van der Waals surface area contributed by atoms with Gasteiger partial charge in [0.1, 0.15) is 5.82 Å². The van der Waals surface area contributed by atoms with Crippen molar-refractivity contribution in [2.45, 2.75) is 69.4 Å². The number of aromatic nitrogens is 3. The first-order valence-corrected chi connectivity index (χ1v) is 16.5. The van der Waals surface area contributed by atoms with E-state index < -0.39 is 27.5 Å². The van der Waals surface area contributed by atoms with Crippen molar-refractivity contribution < 1.29 is 31.1 Å². The lowest BCUT2D eigenvalue weighted by Gasteiger charge is -2.25. The Morgan fingerprint density at radius 2 is 1.91 bits per heavy atom. The third-order valence-electron chi connectivity index (χ3n) is 9.24. The maximum absolute atomic E-state index is 14.0. The normalized spacial score (nSPS) is 21.4. The van der Waals surface area contributed by atoms with Crippen molar-refractivity contribution in [3.63, 3.8) is 0 Å². The van der Waals surface area contributed by atoms with Crippen molar-refractivity contribution >= 4 is 21.7 Å². The number of rotatable bonds is 5. The van der Waals surface area contributed by atoms with Crippen molar-refractivity contribution in [1.29, 1.82) is 0 Å². The maximum Gasteiger partial charge on any atom is 0.394 e. The van der Waals surface area contributed by atoms with Crippen LogP contribution in [0, 0.1) is 18.3 Å². The molecule has 44 heavy (non-hydrogen) atoms. The molecule has 0 N–H and O–H groups in total. The van der Waals surface area contributed by atoms with E-state index in [9.17, 15) is 26.4 Å². The molecule has 6 rings (SSSR count). The lowest BCUT2D eigenvalue weighted by Crippen LogP contribution is -2.35. The number of benzene rings is 1. The number of ether oxygens (including phenoxy) is 1. The first-order chi connectivity index (χ1) is 20.9.